The van der Waals surface area contributed by atoms with E-state index in [1.54, 1.807) is 32.9 Å². The molecule has 0 spiro atoms. The number of benzene rings is 1. The Bertz CT molecular complexity index is 835. The zero-order valence-corrected chi connectivity index (χ0v) is 19.4. The highest BCUT2D eigenvalue weighted by atomic mass is 79.9. The van der Waals surface area contributed by atoms with Crippen molar-refractivity contribution in [3.05, 3.63) is 29.8 Å². The number of carbonyl (C=O) groups is 2. The molecule has 8 nitrogen and oxygen atoms in total. The van der Waals surface area contributed by atoms with Crippen LogP contribution in [0, 0.1) is 6.92 Å². The highest BCUT2D eigenvalue weighted by molar-refractivity contribution is 9.09. The summed E-state index contributed by atoms with van der Waals surface area (Å²) in [5.74, 6) is 0. The number of alkyl carbamates (subject to hydrolysis) is 1. The van der Waals surface area contributed by atoms with Crippen molar-refractivity contribution in [2.24, 2.45) is 0 Å². The number of nitrogens with one attached hydrogen (secondary N) is 1. The SMILES string of the molecule is Cc1ccc(S(=O)(=O)N2C(=O)OCC2[C@H](Br)CCCNC(=O)OC(C)(C)C)cc1. The summed E-state index contributed by atoms with van der Waals surface area (Å²) >= 11 is 3.48. The van der Waals surface area contributed by atoms with E-state index in [1.807, 2.05) is 6.92 Å². The van der Waals surface area contributed by atoms with Crippen molar-refractivity contribution >= 4 is 38.1 Å². The number of sulfonamides is 1. The van der Waals surface area contributed by atoms with E-state index in [0.29, 0.717) is 19.4 Å². The van der Waals surface area contributed by atoms with E-state index < -0.39 is 33.9 Å². The van der Waals surface area contributed by atoms with Crippen LogP contribution in [0.25, 0.3) is 0 Å². The fourth-order valence-electron chi connectivity index (χ4n) is 2.77. The highest BCUT2D eigenvalue weighted by Gasteiger charge is 2.45. The lowest BCUT2D eigenvalue weighted by Crippen LogP contribution is -2.43. The van der Waals surface area contributed by atoms with Crippen molar-refractivity contribution in [2.45, 2.75) is 61.9 Å². The quantitative estimate of drug-likeness (QED) is 0.462. The molecule has 1 unspecified atom stereocenters. The molecule has 0 aliphatic carbocycles. The standard InChI is InChI=1S/C19H27BrN2O6S/c1-13-7-9-14(10-8-13)29(25,26)22-16(12-27-18(22)24)15(20)6-5-11-21-17(23)28-19(2,3)4/h7-10,15-16H,5-6,11-12H2,1-4H3,(H,21,23)/t15-,16?/m1/s1. The second-order valence-corrected chi connectivity index (χ2v) is 10.8. The third-order valence-corrected chi connectivity index (χ3v) is 7.05. The van der Waals surface area contributed by atoms with Crippen LogP contribution in [0.4, 0.5) is 9.59 Å². The zero-order valence-electron chi connectivity index (χ0n) is 17.0. The summed E-state index contributed by atoms with van der Waals surface area (Å²) in [7, 11) is -4.02. The number of cyclic esters (lactones) is 1. The lowest BCUT2D eigenvalue weighted by atomic mass is 10.1. The van der Waals surface area contributed by atoms with Crippen molar-refractivity contribution in [2.75, 3.05) is 13.2 Å². The van der Waals surface area contributed by atoms with Crippen molar-refractivity contribution in [3.8, 4) is 0 Å². The van der Waals surface area contributed by atoms with Crippen LogP contribution in [0.1, 0.15) is 39.2 Å². The Morgan fingerprint density at radius 1 is 1.34 bits per heavy atom. The van der Waals surface area contributed by atoms with Gasteiger partial charge in [0, 0.05) is 11.4 Å². The van der Waals surface area contributed by atoms with Gasteiger partial charge in [-0.25, -0.2) is 18.0 Å². The minimum Gasteiger partial charge on any atom is -0.446 e. The summed E-state index contributed by atoms with van der Waals surface area (Å²) in [6, 6.07) is 5.63. The number of halogens is 1. The Kier molecular flexibility index (Phi) is 7.56. The van der Waals surface area contributed by atoms with Crippen molar-refractivity contribution in [3.63, 3.8) is 0 Å². The van der Waals surface area contributed by atoms with Crippen molar-refractivity contribution < 1.29 is 27.5 Å². The number of amides is 2. The van der Waals surface area contributed by atoms with Crippen LogP contribution in [0.3, 0.4) is 0 Å². The molecular weight excluding hydrogens is 464 g/mol. The maximum absolute atomic E-state index is 13.0. The molecule has 0 saturated carbocycles. The van der Waals surface area contributed by atoms with Crippen LogP contribution in [0.15, 0.2) is 29.2 Å². The smallest absolute Gasteiger partial charge is 0.424 e. The molecule has 1 aromatic rings. The van der Waals surface area contributed by atoms with Gasteiger partial charge in [-0.3, -0.25) is 0 Å². The van der Waals surface area contributed by atoms with Gasteiger partial charge >= 0.3 is 12.2 Å². The van der Waals surface area contributed by atoms with Gasteiger partial charge < -0.3 is 14.8 Å². The fraction of sp³-hybridized carbons (Fsp3) is 0.579. The lowest BCUT2D eigenvalue weighted by molar-refractivity contribution is 0.0527. The number of ether oxygens (including phenoxy) is 2. The summed E-state index contributed by atoms with van der Waals surface area (Å²) in [4.78, 5) is 23.5. The molecular formula is C19H27BrN2O6S. The summed E-state index contributed by atoms with van der Waals surface area (Å²) < 4.78 is 36.9. The Morgan fingerprint density at radius 3 is 2.55 bits per heavy atom. The number of aryl methyl sites for hydroxylation is 1. The molecule has 10 heteroatoms. The minimum atomic E-state index is -4.02. The van der Waals surface area contributed by atoms with Gasteiger partial charge in [-0.2, -0.15) is 4.31 Å². The molecule has 1 aliphatic rings. The number of alkyl halides is 1. The van der Waals surface area contributed by atoms with Gasteiger partial charge in [-0.05, 0) is 52.7 Å². The topological polar surface area (TPSA) is 102 Å². The number of carbonyl (C=O) groups excluding carboxylic acids is 2. The van der Waals surface area contributed by atoms with Gasteiger partial charge in [-0.15, -0.1) is 0 Å². The van der Waals surface area contributed by atoms with Crippen molar-refractivity contribution in [1.82, 2.24) is 9.62 Å². The Labute approximate surface area is 180 Å². The normalized spacial score (nSPS) is 18.3. The first kappa shape index (κ1) is 23.5. The molecule has 2 rings (SSSR count). The molecule has 29 heavy (non-hydrogen) atoms. The molecule has 1 N–H and O–H groups in total. The lowest BCUT2D eigenvalue weighted by Gasteiger charge is -2.25. The van der Waals surface area contributed by atoms with E-state index >= 15 is 0 Å². The van der Waals surface area contributed by atoms with Gasteiger partial charge in [0.1, 0.15) is 12.2 Å². The Balaban J connectivity index is 1.97. The molecule has 1 heterocycles. The van der Waals surface area contributed by atoms with E-state index in [-0.39, 0.29) is 16.3 Å². The first-order valence-electron chi connectivity index (χ1n) is 9.30. The first-order valence-corrected chi connectivity index (χ1v) is 11.7. The monoisotopic (exact) mass is 490 g/mol. The summed E-state index contributed by atoms with van der Waals surface area (Å²) in [5.41, 5.74) is 0.342. The second kappa shape index (κ2) is 9.34. The molecule has 162 valence electrons. The molecule has 1 fully saturated rings. The number of rotatable bonds is 7. The Hall–Kier alpha value is -1.81. The zero-order chi connectivity index (χ0) is 21.8. The first-order chi connectivity index (χ1) is 13.4. The number of hydrogen-bond acceptors (Lipinski definition) is 6. The van der Waals surface area contributed by atoms with Gasteiger partial charge in [-0.1, -0.05) is 33.6 Å². The molecule has 0 radical (unpaired) electrons. The average Bonchev–Trinajstić information content (AvgIpc) is 3.00. The largest absolute Gasteiger partial charge is 0.446 e. The molecule has 1 aromatic carbocycles. The van der Waals surface area contributed by atoms with Crippen LogP contribution in [0.5, 0.6) is 0 Å². The van der Waals surface area contributed by atoms with Crippen molar-refractivity contribution in [1.29, 1.82) is 0 Å². The third-order valence-electron chi connectivity index (χ3n) is 4.18. The summed E-state index contributed by atoms with van der Waals surface area (Å²) in [6.45, 7) is 7.52. The summed E-state index contributed by atoms with van der Waals surface area (Å²) in [6.07, 6.45) is -0.298. The van der Waals surface area contributed by atoms with E-state index in [1.165, 1.54) is 12.1 Å². The predicted molar refractivity (Wildman–Crippen MR) is 112 cm³/mol. The third kappa shape index (κ3) is 6.33. The predicted octanol–water partition coefficient (Wildman–Crippen LogP) is 3.57. The number of hydrogen-bond donors (Lipinski definition) is 1. The summed E-state index contributed by atoms with van der Waals surface area (Å²) in [5, 5.41) is 2.65. The molecule has 2 atom stereocenters. The van der Waals surface area contributed by atoms with Crippen LogP contribution < -0.4 is 5.32 Å². The fourth-order valence-corrected chi connectivity index (χ4v) is 5.16. The van der Waals surface area contributed by atoms with Crippen LogP contribution in [-0.2, 0) is 19.5 Å². The average molecular weight is 491 g/mol. The molecule has 1 saturated heterocycles. The number of nitrogens with zero attached hydrogens (tertiary/aromatic N) is 1. The Morgan fingerprint density at radius 2 is 1.97 bits per heavy atom. The van der Waals surface area contributed by atoms with Crippen LogP contribution in [-0.4, -0.2) is 54.5 Å². The van der Waals surface area contributed by atoms with E-state index in [4.69, 9.17) is 9.47 Å². The van der Waals surface area contributed by atoms with E-state index in [2.05, 4.69) is 21.2 Å². The van der Waals surface area contributed by atoms with Gasteiger partial charge in [0.15, 0.2) is 0 Å². The highest BCUT2D eigenvalue weighted by Crippen LogP contribution is 2.29. The second-order valence-electron chi connectivity index (χ2n) is 7.85. The van der Waals surface area contributed by atoms with E-state index in [9.17, 15) is 18.0 Å². The maximum Gasteiger partial charge on any atom is 0.424 e. The minimum absolute atomic E-state index is 0.0284. The van der Waals surface area contributed by atoms with Crippen LogP contribution >= 0.6 is 15.9 Å². The van der Waals surface area contributed by atoms with Gasteiger partial charge in [0.05, 0.1) is 10.9 Å². The molecule has 0 aromatic heterocycles. The molecule has 2 amide bonds. The molecule has 0 bridgehead atoms. The van der Waals surface area contributed by atoms with Gasteiger partial charge in [0.2, 0.25) is 0 Å². The maximum atomic E-state index is 13.0. The van der Waals surface area contributed by atoms with E-state index in [0.717, 1.165) is 9.87 Å². The van der Waals surface area contributed by atoms with Gasteiger partial charge in [0.25, 0.3) is 10.0 Å². The van der Waals surface area contributed by atoms with Crippen LogP contribution in [0.2, 0.25) is 0 Å². The molecule has 1 aliphatic heterocycles.